The summed E-state index contributed by atoms with van der Waals surface area (Å²) in [5.41, 5.74) is 0. The van der Waals surface area contributed by atoms with Crippen molar-refractivity contribution in [2.75, 3.05) is 13.2 Å². The first-order chi connectivity index (χ1) is 7.78. The summed E-state index contributed by atoms with van der Waals surface area (Å²) >= 11 is 5.28. The van der Waals surface area contributed by atoms with Crippen LogP contribution in [0.2, 0.25) is 0 Å². The largest absolute Gasteiger partial charge is 0.381 e. The molecule has 0 unspecified atom stereocenters. The van der Waals surface area contributed by atoms with Gasteiger partial charge in [-0.1, -0.05) is 6.92 Å². The Balaban J connectivity index is 2.04. The van der Waals surface area contributed by atoms with Crippen LogP contribution in [0.15, 0.2) is 15.7 Å². The third-order valence-electron chi connectivity index (χ3n) is 2.49. The van der Waals surface area contributed by atoms with Crippen LogP contribution in [0, 0.1) is 0 Å². The number of ether oxygens (including phenoxy) is 1. The van der Waals surface area contributed by atoms with E-state index in [1.54, 1.807) is 0 Å². The Hall–Kier alpha value is -0.130. The number of hydrogen-bond donors (Lipinski definition) is 0. The topological polar surface area (TPSA) is 35.0 Å². The lowest BCUT2D eigenvalue weighted by molar-refractivity contribution is 0.1000. The molecule has 0 radical (unpaired) electrons. The molecule has 1 fully saturated rings. The van der Waals surface area contributed by atoms with Gasteiger partial charge in [-0.25, -0.2) is 9.97 Å². The van der Waals surface area contributed by atoms with Gasteiger partial charge in [-0.05, 0) is 28.8 Å². The highest BCUT2D eigenvalue weighted by molar-refractivity contribution is 9.10. The molecule has 1 saturated heterocycles. The van der Waals surface area contributed by atoms with E-state index >= 15 is 0 Å². The molecular weight excluding hydrogens is 288 g/mol. The minimum absolute atomic E-state index is 0.639. The first kappa shape index (κ1) is 12.3. The van der Waals surface area contributed by atoms with E-state index in [1.165, 1.54) is 0 Å². The molecular formula is C11H15BrN2OS. The number of hydrogen-bond acceptors (Lipinski definition) is 4. The van der Waals surface area contributed by atoms with E-state index in [2.05, 4.69) is 32.8 Å². The molecule has 0 saturated carbocycles. The van der Waals surface area contributed by atoms with Crippen molar-refractivity contribution in [3.05, 3.63) is 16.5 Å². The lowest BCUT2D eigenvalue weighted by atomic mass is 10.2. The van der Waals surface area contributed by atoms with Crippen LogP contribution in [-0.2, 0) is 11.2 Å². The normalized spacial score (nSPS) is 17.6. The van der Waals surface area contributed by atoms with Crippen LogP contribution in [0.3, 0.4) is 0 Å². The van der Waals surface area contributed by atoms with Gasteiger partial charge >= 0.3 is 0 Å². The first-order valence-corrected chi connectivity index (χ1v) is 7.23. The molecule has 1 aromatic heterocycles. The SMILES string of the molecule is CCc1nc(Br)cc(SC2CCOCC2)n1. The summed E-state index contributed by atoms with van der Waals surface area (Å²) in [6.07, 6.45) is 3.11. The predicted octanol–water partition coefficient (Wildman–Crippen LogP) is 3.07. The number of aromatic nitrogens is 2. The smallest absolute Gasteiger partial charge is 0.130 e. The summed E-state index contributed by atoms with van der Waals surface area (Å²) in [6.45, 7) is 3.83. The van der Waals surface area contributed by atoms with Gasteiger partial charge in [0.15, 0.2) is 0 Å². The van der Waals surface area contributed by atoms with Gasteiger partial charge < -0.3 is 4.74 Å². The van der Waals surface area contributed by atoms with Crippen LogP contribution in [0.1, 0.15) is 25.6 Å². The van der Waals surface area contributed by atoms with Crippen LogP contribution in [-0.4, -0.2) is 28.4 Å². The highest BCUT2D eigenvalue weighted by Gasteiger charge is 2.16. The van der Waals surface area contributed by atoms with Crippen LogP contribution in [0.4, 0.5) is 0 Å². The average molecular weight is 303 g/mol. The molecule has 0 amide bonds. The second-order valence-corrected chi connectivity index (χ2v) is 5.86. The molecule has 1 aliphatic rings. The van der Waals surface area contributed by atoms with E-state index in [0.717, 1.165) is 47.9 Å². The number of aryl methyl sites for hydroxylation is 1. The molecule has 5 heteroatoms. The molecule has 88 valence electrons. The fourth-order valence-electron chi connectivity index (χ4n) is 1.62. The maximum absolute atomic E-state index is 5.35. The van der Waals surface area contributed by atoms with Gasteiger partial charge in [0.1, 0.15) is 15.5 Å². The molecule has 0 aliphatic carbocycles. The van der Waals surface area contributed by atoms with E-state index in [-0.39, 0.29) is 0 Å². The van der Waals surface area contributed by atoms with Crippen molar-refractivity contribution in [2.45, 2.75) is 36.5 Å². The van der Waals surface area contributed by atoms with Crippen molar-refractivity contribution >= 4 is 27.7 Å². The van der Waals surface area contributed by atoms with E-state index in [0.29, 0.717) is 5.25 Å². The second kappa shape index (κ2) is 5.98. The average Bonchev–Trinajstić information content (AvgIpc) is 2.29. The van der Waals surface area contributed by atoms with Crippen molar-refractivity contribution < 1.29 is 4.74 Å². The Morgan fingerprint density at radius 2 is 2.19 bits per heavy atom. The van der Waals surface area contributed by atoms with E-state index in [9.17, 15) is 0 Å². The van der Waals surface area contributed by atoms with E-state index < -0.39 is 0 Å². The van der Waals surface area contributed by atoms with Gasteiger partial charge in [0.2, 0.25) is 0 Å². The zero-order valence-corrected chi connectivity index (χ0v) is 11.7. The van der Waals surface area contributed by atoms with E-state index in [1.807, 2.05) is 17.8 Å². The van der Waals surface area contributed by atoms with Gasteiger partial charge in [-0.2, -0.15) is 0 Å². The van der Waals surface area contributed by atoms with Crippen LogP contribution >= 0.6 is 27.7 Å². The highest BCUT2D eigenvalue weighted by atomic mass is 79.9. The zero-order valence-electron chi connectivity index (χ0n) is 9.28. The Morgan fingerprint density at radius 3 is 2.88 bits per heavy atom. The van der Waals surface area contributed by atoms with Crippen molar-refractivity contribution in [1.82, 2.24) is 9.97 Å². The Kier molecular flexibility index (Phi) is 4.61. The zero-order chi connectivity index (χ0) is 11.4. The number of rotatable bonds is 3. The third kappa shape index (κ3) is 3.43. The van der Waals surface area contributed by atoms with Crippen LogP contribution < -0.4 is 0 Å². The quantitative estimate of drug-likeness (QED) is 0.804. The third-order valence-corrected chi connectivity index (χ3v) is 4.15. The predicted molar refractivity (Wildman–Crippen MR) is 68.8 cm³/mol. The molecule has 2 rings (SSSR count). The summed E-state index contributed by atoms with van der Waals surface area (Å²) in [6, 6.07) is 2.00. The van der Waals surface area contributed by atoms with Crippen LogP contribution in [0.25, 0.3) is 0 Å². The van der Waals surface area contributed by atoms with Gasteiger partial charge in [-0.3, -0.25) is 0 Å². The summed E-state index contributed by atoms with van der Waals surface area (Å²) in [4.78, 5) is 8.84. The first-order valence-electron chi connectivity index (χ1n) is 5.56. The molecule has 1 aromatic rings. The van der Waals surface area contributed by atoms with Crippen molar-refractivity contribution in [3.63, 3.8) is 0 Å². The summed E-state index contributed by atoms with van der Waals surface area (Å²) in [5.74, 6) is 0.906. The molecule has 1 aliphatic heterocycles. The molecule has 0 aromatic carbocycles. The molecule has 2 heterocycles. The molecule has 3 nitrogen and oxygen atoms in total. The molecule has 0 bridgehead atoms. The maximum atomic E-state index is 5.35. The summed E-state index contributed by atoms with van der Waals surface area (Å²) < 4.78 is 6.23. The fourth-order valence-corrected chi connectivity index (χ4v) is 3.31. The van der Waals surface area contributed by atoms with Crippen molar-refractivity contribution in [1.29, 1.82) is 0 Å². The van der Waals surface area contributed by atoms with Gasteiger partial charge in [-0.15, -0.1) is 11.8 Å². The van der Waals surface area contributed by atoms with Gasteiger partial charge in [0.25, 0.3) is 0 Å². The maximum Gasteiger partial charge on any atom is 0.130 e. The lowest BCUT2D eigenvalue weighted by Gasteiger charge is -2.21. The Labute approximate surface area is 109 Å². The minimum atomic E-state index is 0.639. The van der Waals surface area contributed by atoms with Gasteiger partial charge in [0.05, 0.1) is 0 Å². The monoisotopic (exact) mass is 302 g/mol. The molecule has 0 N–H and O–H groups in total. The highest BCUT2D eigenvalue weighted by Crippen LogP contribution is 2.29. The van der Waals surface area contributed by atoms with Gasteiger partial charge in [0, 0.05) is 31.0 Å². The van der Waals surface area contributed by atoms with Crippen LogP contribution in [0.5, 0.6) is 0 Å². The number of nitrogens with zero attached hydrogens (tertiary/aromatic N) is 2. The summed E-state index contributed by atoms with van der Waals surface area (Å²) in [7, 11) is 0. The lowest BCUT2D eigenvalue weighted by Crippen LogP contribution is -2.17. The van der Waals surface area contributed by atoms with Crippen molar-refractivity contribution in [3.8, 4) is 0 Å². The summed E-state index contributed by atoms with van der Waals surface area (Å²) in [5, 5.41) is 1.71. The molecule has 0 spiro atoms. The minimum Gasteiger partial charge on any atom is -0.381 e. The number of halogens is 1. The Bertz CT molecular complexity index is 356. The van der Waals surface area contributed by atoms with E-state index in [4.69, 9.17) is 4.74 Å². The molecule has 0 atom stereocenters. The Morgan fingerprint density at radius 1 is 1.44 bits per heavy atom. The molecule has 16 heavy (non-hydrogen) atoms. The number of thioether (sulfide) groups is 1. The fraction of sp³-hybridized carbons (Fsp3) is 0.636. The van der Waals surface area contributed by atoms with Crippen molar-refractivity contribution in [2.24, 2.45) is 0 Å². The second-order valence-electron chi connectivity index (χ2n) is 3.73. The standard InChI is InChI=1S/C11H15BrN2OS/c1-2-10-13-9(12)7-11(14-10)16-8-3-5-15-6-4-8/h7-8H,2-6H2,1H3.